The second kappa shape index (κ2) is 8.44. The van der Waals surface area contributed by atoms with Crippen molar-refractivity contribution in [2.24, 2.45) is 0 Å². The van der Waals surface area contributed by atoms with E-state index in [2.05, 4.69) is 16.8 Å². The van der Waals surface area contributed by atoms with Crippen molar-refractivity contribution in [3.8, 4) is 0 Å². The maximum absolute atomic E-state index is 13.3. The molecular formula is C21H26F2N2O2. The highest BCUT2D eigenvalue weighted by Crippen LogP contribution is 2.34. The number of likely N-dealkylation sites (N-methyl/N-ethyl adjacent to an activating group) is 1. The molecule has 146 valence electrons. The Morgan fingerprint density at radius 1 is 0.889 bits per heavy atom. The smallest absolute Gasteiger partial charge is 0.123 e. The molecule has 2 aromatic rings. The van der Waals surface area contributed by atoms with Crippen molar-refractivity contribution in [3.05, 3.63) is 71.3 Å². The molecule has 2 aromatic carbocycles. The van der Waals surface area contributed by atoms with Crippen molar-refractivity contribution in [1.29, 1.82) is 0 Å². The van der Waals surface area contributed by atoms with Crippen LogP contribution in [-0.2, 0) is 5.60 Å². The van der Waals surface area contributed by atoms with Crippen LogP contribution in [0.1, 0.15) is 17.5 Å². The van der Waals surface area contributed by atoms with E-state index in [4.69, 9.17) is 0 Å². The first kappa shape index (κ1) is 19.9. The van der Waals surface area contributed by atoms with Gasteiger partial charge in [-0.05, 0) is 42.4 Å². The number of benzene rings is 2. The number of aliphatic hydroxyl groups excluding tert-OH is 1. The van der Waals surface area contributed by atoms with Crippen LogP contribution in [0.4, 0.5) is 8.78 Å². The molecule has 1 saturated heterocycles. The molecule has 0 bridgehead atoms. The van der Waals surface area contributed by atoms with Gasteiger partial charge in [0.2, 0.25) is 0 Å². The van der Waals surface area contributed by atoms with Gasteiger partial charge in [0.25, 0.3) is 0 Å². The highest BCUT2D eigenvalue weighted by molar-refractivity contribution is 5.36. The fourth-order valence-electron chi connectivity index (χ4n) is 3.59. The summed E-state index contributed by atoms with van der Waals surface area (Å²) >= 11 is 0. The maximum atomic E-state index is 13.3. The molecule has 0 spiro atoms. The zero-order chi connectivity index (χ0) is 19.4. The number of hydrogen-bond donors (Lipinski definition) is 2. The first-order valence-electron chi connectivity index (χ1n) is 9.20. The second-order valence-corrected chi connectivity index (χ2v) is 7.34. The lowest BCUT2D eigenvalue weighted by atomic mass is 9.81. The third-order valence-electron chi connectivity index (χ3n) is 5.24. The van der Waals surface area contributed by atoms with Crippen molar-refractivity contribution in [1.82, 2.24) is 9.80 Å². The van der Waals surface area contributed by atoms with Gasteiger partial charge in [-0.2, -0.15) is 0 Å². The van der Waals surface area contributed by atoms with Crippen molar-refractivity contribution < 1.29 is 19.0 Å². The van der Waals surface area contributed by atoms with Crippen LogP contribution < -0.4 is 0 Å². The Morgan fingerprint density at radius 3 is 1.78 bits per heavy atom. The third kappa shape index (κ3) is 4.90. The minimum absolute atomic E-state index is 0.0383. The van der Waals surface area contributed by atoms with Gasteiger partial charge in [-0.15, -0.1) is 0 Å². The fourth-order valence-corrected chi connectivity index (χ4v) is 3.59. The number of halogens is 2. The highest BCUT2D eigenvalue weighted by Gasteiger charge is 2.35. The van der Waals surface area contributed by atoms with Gasteiger partial charge >= 0.3 is 0 Å². The number of piperazine rings is 1. The summed E-state index contributed by atoms with van der Waals surface area (Å²) in [6.45, 7) is 4.04. The zero-order valence-corrected chi connectivity index (χ0v) is 15.5. The van der Waals surface area contributed by atoms with E-state index in [9.17, 15) is 19.0 Å². The van der Waals surface area contributed by atoms with Gasteiger partial charge in [-0.25, -0.2) is 8.78 Å². The standard InChI is InChI=1S/C21H26F2N2O2/c1-24-10-12-25(13-11-24)15-20(26)14-21(27,16-2-6-18(22)7-3-16)17-4-8-19(23)9-5-17/h2-9,20,26-27H,10-15H2,1H3. The Hall–Kier alpha value is -1.86. The van der Waals surface area contributed by atoms with E-state index in [0.29, 0.717) is 17.7 Å². The molecule has 6 heteroatoms. The number of β-amino-alcohol motifs (C(OH)–C–C–N with tert-alkyl or cyclic N) is 1. The van der Waals surface area contributed by atoms with Crippen molar-refractivity contribution in [3.63, 3.8) is 0 Å². The zero-order valence-electron chi connectivity index (χ0n) is 15.5. The van der Waals surface area contributed by atoms with Gasteiger partial charge in [-0.1, -0.05) is 24.3 Å². The summed E-state index contributed by atoms with van der Waals surface area (Å²) in [6.07, 6.45) is -0.745. The molecule has 0 aliphatic carbocycles. The molecule has 27 heavy (non-hydrogen) atoms. The Kier molecular flexibility index (Phi) is 6.22. The summed E-state index contributed by atoms with van der Waals surface area (Å²) < 4.78 is 26.7. The van der Waals surface area contributed by atoms with E-state index >= 15 is 0 Å². The lowest BCUT2D eigenvalue weighted by Gasteiger charge is -2.36. The number of rotatable bonds is 6. The second-order valence-electron chi connectivity index (χ2n) is 7.34. The minimum Gasteiger partial charge on any atom is -0.392 e. The van der Waals surface area contributed by atoms with E-state index < -0.39 is 23.3 Å². The van der Waals surface area contributed by atoms with Crippen LogP contribution in [-0.4, -0.2) is 65.9 Å². The maximum Gasteiger partial charge on any atom is 0.123 e. The SMILES string of the molecule is CN1CCN(CC(O)CC(O)(c2ccc(F)cc2)c2ccc(F)cc2)CC1. The normalized spacial score (nSPS) is 17.8. The van der Waals surface area contributed by atoms with Gasteiger partial charge in [0.1, 0.15) is 17.2 Å². The van der Waals surface area contributed by atoms with Crippen molar-refractivity contribution >= 4 is 0 Å². The summed E-state index contributed by atoms with van der Waals surface area (Å²) in [7, 11) is 2.07. The van der Waals surface area contributed by atoms with E-state index in [1.54, 1.807) is 0 Å². The number of aliphatic hydroxyl groups is 2. The van der Waals surface area contributed by atoms with E-state index in [0.717, 1.165) is 26.2 Å². The first-order valence-corrected chi connectivity index (χ1v) is 9.20. The number of hydrogen-bond acceptors (Lipinski definition) is 4. The molecule has 0 saturated carbocycles. The summed E-state index contributed by atoms with van der Waals surface area (Å²) in [5.41, 5.74) is -0.603. The van der Waals surface area contributed by atoms with Gasteiger partial charge in [0.05, 0.1) is 6.10 Å². The largest absolute Gasteiger partial charge is 0.392 e. The molecule has 1 heterocycles. The van der Waals surface area contributed by atoms with Gasteiger partial charge < -0.3 is 15.1 Å². The Balaban J connectivity index is 1.81. The van der Waals surface area contributed by atoms with E-state index in [-0.39, 0.29) is 6.42 Å². The predicted molar refractivity (Wildman–Crippen MR) is 100 cm³/mol. The van der Waals surface area contributed by atoms with Crippen LogP contribution in [0, 0.1) is 11.6 Å². The van der Waals surface area contributed by atoms with Crippen LogP contribution in [0.3, 0.4) is 0 Å². The monoisotopic (exact) mass is 376 g/mol. The molecule has 0 radical (unpaired) electrons. The average Bonchev–Trinajstić information content (AvgIpc) is 2.64. The minimum atomic E-state index is -1.53. The van der Waals surface area contributed by atoms with Gasteiger partial charge in [-0.3, -0.25) is 4.90 Å². The van der Waals surface area contributed by atoms with Crippen LogP contribution >= 0.6 is 0 Å². The van der Waals surface area contributed by atoms with Crippen LogP contribution in [0.2, 0.25) is 0 Å². The van der Waals surface area contributed by atoms with Crippen LogP contribution in [0.5, 0.6) is 0 Å². The fraction of sp³-hybridized carbons (Fsp3) is 0.429. The Labute approximate surface area is 158 Å². The van der Waals surface area contributed by atoms with Crippen molar-refractivity contribution in [2.45, 2.75) is 18.1 Å². The summed E-state index contributed by atoms with van der Waals surface area (Å²) in [5, 5.41) is 22.1. The number of nitrogens with zero attached hydrogens (tertiary/aromatic N) is 2. The molecule has 1 aliphatic rings. The summed E-state index contributed by atoms with van der Waals surface area (Å²) in [4.78, 5) is 4.40. The first-order chi connectivity index (χ1) is 12.9. The summed E-state index contributed by atoms with van der Waals surface area (Å²) in [5.74, 6) is -0.809. The topological polar surface area (TPSA) is 46.9 Å². The van der Waals surface area contributed by atoms with E-state index in [1.807, 2.05) is 0 Å². The molecule has 3 rings (SSSR count). The Morgan fingerprint density at radius 2 is 1.33 bits per heavy atom. The lowest BCUT2D eigenvalue weighted by molar-refractivity contribution is -0.00104. The molecule has 1 aliphatic heterocycles. The molecule has 4 nitrogen and oxygen atoms in total. The molecule has 1 unspecified atom stereocenters. The quantitative estimate of drug-likeness (QED) is 0.812. The average molecular weight is 376 g/mol. The van der Waals surface area contributed by atoms with E-state index in [1.165, 1.54) is 48.5 Å². The molecule has 1 fully saturated rings. The third-order valence-corrected chi connectivity index (χ3v) is 5.24. The molecule has 0 amide bonds. The molecule has 0 aromatic heterocycles. The summed E-state index contributed by atoms with van der Waals surface area (Å²) in [6, 6.07) is 11.1. The Bertz CT molecular complexity index is 683. The van der Waals surface area contributed by atoms with Gasteiger partial charge in [0.15, 0.2) is 0 Å². The van der Waals surface area contributed by atoms with Crippen LogP contribution in [0.15, 0.2) is 48.5 Å². The molecule has 2 N–H and O–H groups in total. The molecule has 1 atom stereocenters. The van der Waals surface area contributed by atoms with Gasteiger partial charge in [0, 0.05) is 39.1 Å². The molecular weight excluding hydrogens is 350 g/mol. The lowest BCUT2D eigenvalue weighted by Crippen LogP contribution is -2.48. The van der Waals surface area contributed by atoms with Crippen molar-refractivity contribution in [2.75, 3.05) is 39.8 Å². The predicted octanol–water partition coefficient (Wildman–Crippen LogP) is 2.20. The highest BCUT2D eigenvalue weighted by atomic mass is 19.1. The van der Waals surface area contributed by atoms with Crippen LogP contribution in [0.25, 0.3) is 0 Å².